The Hall–Kier alpha value is -6.98. The summed E-state index contributed by atoms with van der Waals surface area (Å²) in [6, 6.07) is 20.9. The SMILES string of the molecule is C=C/C=C(\C=C)CNC(=O)C(c1ccc(Cl)cc1)N(CC1CC1)C(=O)CCc1ccc(OCCCCN(C)CCOCCOCCc2cn(CCOCCOc3ccc(NC(=O)Nc4nc(CC(=O)N5CCN(C)CC5)cs4)cc3)nn2)cc1. The van der Waals surface area contributed by atoms with Gasteiger partial charge >= 0.3 is 6.03 Å². The summed E-state index contributed by atoms with van der Waals surface area (Å²) in [5.41, 5.74) is 4.63. The number of likely N-dealkylation sites (N-methyl/N-ethyl adjacent to an activating group) is 2. The van der Waals surface area contributed by atoms with Gasteiger partial charge < -0.3 is 53.9 Å². The number of benzene rings is 3. The van der Waals surface area contributed by atoms with E-state index in [9.17, 15) is 19.2 Å². The van der Waals surface area contributed by atoms with Crippen LogP contribution in [0.4, 0.5) is 15.6 Å². The average Bonchev–Trinajstić information content (AvgIpc) is 4.19. The van der Waals surface area contributed by atoms with E-state index in [1.54, 1.807) is 69.6 Å². The first kappa shape index (κ1) is 64.6. The average molecular weight is 1190 g/mol. The van der Waals surface area contributed by atoms with Crippen LogP contribution in [-0.2, 0) is 54.4 Å². The first-order valence-corrected chi connectivity index (χ1v) is 30.2. The van der Waals surface area contributed by atoms with Crippen LogP contribution in [0.1, 0.15) is 60.7 Å². The van der Waals surface area contributed by atoms with Crippen molar-refractivity contribution in [2.24, 2.45) is 5.92 Å². The van der Waals surface area contributed by atoms with Crippen LogP contribution in [-0.4, -0.2) is 183 Å². The number of aryl methyl sites for hydroxylation is 1. The predicted molar refractivity (Wildman–Crippen MR) is 328 cm³/mol. The van der Waals surface area contributed by atoms with Gasteiger partial charge in [-0.05, 0) is 124 Å². The summed E-state index contributed by atoms with van der Waals surface area (Å²) in [6.07, 6.45) is 12.7. The number of ether oxygens (including phenoxy) is 5. The number of piperazine rings is 1. The number of amides is 5. The summed E-state index contributed by atoms with van der Waals surface area (Å²) in [4.78, 5) is 65.5. The van der Waals surface area contributed by atoms with E-state index in [-0.39, 0.29) is 37.1 Å². The lowest BCUT2D eigenvalue weighted by molar-refractivity contribution is -0.141. The Morgan fingerprint density at radius 1 is 0.798 bits per heavy atom. The van der Waals surface area contributed by atoms with Crippen LogP contribution in [0, 0.1) is 5.92 Å². The Bertz CT molecular complexity index is 2860. The van der Waals surface area contributed by atoms with Gasteiger partial charge in [0.15, 0.2) is 5.13 Å². The first-order chi connectivity index (χ1) is 40.9. The predicted octanol–water partition coefficient (Wildman–Crippen LogP) is 8.14. The molecule has 2 aromatic heterocycles. The molecule has 0 spiro atoms. The zero-order chi connectivity index (χ0) is 59.3. The molecule has 1 unspecified atom stereocenters. The number of hydrogen-bond donors (Lipinski definition) is 3. The van der Waals surface area contributed by atoms with Crippen LogP contribution in [0.3, 0.4) is 0 Å². The van der Waals surface area contributed by atoms with E-state index in [1.165, 1.54) is 11.3 Å². The topological polar surface area (TPSA) is 207 Å². The van der Waals surface area contributed by atoms with Gasteiger partial charge in [0.2, 0.25) is 17.7 Å². The molecule has 84 heavy (non-hydrogen) atoms. The summed E-state index contributed by atoms with van der Waals surface area (Å²) < 4.78 is 30.9. The highest BCUT2D eigenvalue weighted by Crippen LogP contribution is 2.34. The highest BCUT2D eigenvalue weighted by Gasteiger charge is 2.35. The fourth-order valence-corrected chi connectivity index (χ4v) is 9.87. The number of allylic oxidation sites excluding steroid dienone is 2. The minimum Gasteiger partial charge on any atom is -0.494 e. The third-order valence-corrected chi connectivity index (χ3v) is 15.2. The van der Waals surface area contributed by atoms with Gasteiger partial charge in [0.1, 0.15) is 24.1 Å². The quantitative estimate of drug-likeness (QED) is 0.0252. The van der Waals surface area contributed by atoms with Gasteiger partial charge in [0.25, 0.3) is 0 Å². The molecule has 2 aliphatic rings. The molecule has 1 aliphatic carbocycles. The van der Waals surface area contributed by atoms with Crippen molar-refractivity contribution in [3.63, 3.8) is 0 Å². The van der Waals surface area contributed by atoms with Gasteiger partial charge in [-0.1, -0.05) is 72.5 Å². The van der Waals surface area contributed by atoms with Gasteiger partial charge in [0.05, 0.1) is 70.6 Å². The van der Waals surface area contributed by atoms with E-state index in [0.717, 1.165) is 74.4 Å². The lowest BCUT2D eigenvalue weighted by Crippen LogP contribution is -2.47. The van der Waals surface area contributed by atoms with Gasteiger partial charge in [-0.3, -0.25) is 19.7 Å². The molecule has 22 heteroatoms. The molecule has 0 bridgehead atoms. The fourth-order valence-electron chi connectivity index (χ4n) is 9.04. The Kier molecular flexibility index (Phi) is 27.2. The largest absolute Gasteiger partial charge is 0.494 e. The molecule has 5 aromatic rings. The molecule has 3 aromatic carbocycles. The number of nitrogens with zero attached hydrogens (tertiary/aromatic N) is 8. The van der Waals surface area contributed by atoms with Crippen molar-refractivity contribution in [2.45, 2.75) is 64.0 Å². The van der Waals surface area contributed by atoms with E-state index < -0.39 is 12.1 Å². The zero-order valence-corrected chi connectivity index (χ0v) is 50.2. The highest BCUT2D eigenvalue weighted by molar-refractivity contribution is 7.14. The Balaban J connectivity index is 0.664. The maximum Gasteiger partial charge on any atom is 0.325 e. The molecular formula is C62H82ClN11O9S. The second-order valence-electron chi connectivity index (χ2n) is 20.9. The Morgan fingerprint density at radius 2 is 1.50 bits per heavy atom. The second-order valence-corrected chi connectivity index (χ2v) is 22.2. The van der Waals surface area contributed by atoms with Gasteiger partial charge in [-0.2, -0.15) is 0 Å². The van der Waals surface area contributed by atoms with Crippen LogP contribution in [0.2, 0.25) is 5.02 Å². The van der Waals surface area contributed by atoms with Crippen molar-refractivity contribution in [3.8, 4) is 11.5 Å². The number of carbonyl (C=O) groups is 4. The summed E-state index contributed by atoms with van der Waals surface area (Å²) >= 11 is 7.50. The molecule has 1 atom stereocenters. The molecule has 1 saturated carbocycles. The van der Waals surface area contributed by atoms with Gasteiger partial charge in [0, 0.05) is 80.9 Å². The number of halogens is 1. The smallest absolute Gasteiger partial charge is 0.325 e. The number of urea groups is 1. The van der Waals surface area contributed by atoms with Crippen LogP contribution >= 0.6 is 22.9 Å². The number of carbonyl (C=O) groups excluding carboxylic acids is 4. The van der Waals surface area contributed by atoms with Crippen molar-refractivity contribution in [1.82, 2.24) is 44.9 Å². The van der Waals surface area contributed by atoms with Crippen molar-refractivity contribution in [2.75, 3.05) is 130 Å². The summed E-state index contributed by atoms with van der Waals surface area (Å²) in [5.74, 6) is 1.54. The number of nitrogens with one attached hydrogen (secondary N) is 3. The number of hydrogen-bond acceptors (Lipinski definition) is 15. The Morgan fingerprint density at radius 3 is 2.23 bits per heavy atom. The monoisotopic (exact) mass is 1190 g/mol. The molecule has 2 fully saturated rings. The van der Waals surface area contributed by atoms with E-state index >= 15 is 0 Å². The van der Waals surface area contributed by atoms with Crippen LogP contribution in [0.15, 0.2) is 121 Å². The number of thiazole rings is 1. The molecule has 20 nitrogen and oxygen atoms in total. The van der Waals surface area contributed by atoms with E-state index in [2.05, 4.69) is 61.3 Å². The number of anilines is 2. The lowest BCUT2D eigenvalue weighted by atomic mass is 10.0. The molecule has 1 aliphatic heterocycles. The minimum absolute atomic E-state index is 0.0461. The lowest BCUT2D eigenvalue weighted by Gasteiger charge is -2.32. The van der Waals surface area contributed by atoms with Crippen LogP contribution in [0.5, 0.6) is 11.5 Å². The molecule has 5 amide bonds. The molecule has 452 valence electrons. The maximum absolute atomic E-state index is 14.0. The molecule has 1 saturated heterocycles. The van der Waals surface area contributed by atoms with E-state index in [4.69, 9.17) is 35.3 Å². The summed E-state index contributed by atoms with van der Waals surface area (Å²) in [6.45, 7) is 17.8. The summed E-state index contributed by atoms with van der Waals surface area (Å²) in [7, 11) is 4.14. The van der Waals surface area contributed by atoms with Crippen LogP contribution < -0.4 is 25.4 Å². The third kappa shape index (κ3) is 23.2. The van der Waals surface area contributed by atoms with Crippen molar-refractivity contribution in [3.05, 3.63) is 149 Å². The molecule has 3 heterocycles. The van der Waals surface area contributed by atoms with Crippen LogP contribution in [0.25, 0.3) is 0 Å². The zero-order valence-electron chi connectivity index (χ0n) is 48.6. The third-order valence-electron chi connectivity index (χ3n) is 14.1. The van der Waals surface area contributed by atoms with Crippen molar-refractivity contribution >= 4 is 57.5 Å². The summed E-state index contributed by atoms with van der Waals surface area (Å²) in [5, 5.41) is 19.8. The molecule has 7 rings (SSSR count). The van der Waals surface area contributed by atoms with E-state index in [1.807, 2.05) is 54.5 Å². The number of unbranched alkanes of at least 4 members (excludes halogenated alkanes) is 1. The van der Waals surface area contributed by atoms with Gasteiger partial charge in [-0.25, -0.2) is 14.5 Å². The standard InChI is InChI=1S/C62H82ClN11O9S/c1-5-9-47(6-2)43-64-60(77)59(50-15-17-51(63)18-16-50)74(44-49-10-11-49)57(75)25-14-48-12-21-55(22-13-48)82-34-8-7-27-70(3)32-36-80-39-38-79-35-26-53-45-73(69-68-53)33-37-81-40-41-83-56-23-19-52(20-24-56)65-61(78)67-62-66-54(46-84-62)42-58(76)72-30-28-71(4)29-31-72/h5-6,9,12-13,15-24,45-46,49,59H,1-2,7-8,10-11,14,25-44H2,3-4H3,(H,64,77)(H2,65,66,67,78)/b47-9+. The highest BCUT2D eigenvalue weighted by atomic mass is 35.5. The van der Waals surface area contributed by atoms with Crippen molar-refractivity contribution in [1.29, 1.82) is 0 Å². The van der Waals surface area contributed by atoms with Gasteiger partial charge in [-0.15, -0.1) is 16.4 Å². The number of aromatic nitrogens is 4. The minimum atomic E-state index is -0.791. The first-order valence-electron chi connectivity index (χ1n) is 28.9. The molecule has 3 N–H and O–H groups in total. The number of rotatable bonds is 38. The normalized spacial score (nSPS) is 14.0. The second kappa shape index (κ2) is 35.3. The van der Waals surface area contributed by atoms with Crippen molar-refractivity contribution < 1.29 is 42.9 Å². The molecular weight excluding hydrogens is 1110 g/mol. The maximum atomic E-state index is 14.0. The molecule has 0 radical (unpaired) electrons. The fraction of sp³-hybridized carbons (Fsp3) is 0.468. The van der Waals surface area contributed by atoms with E-state index in [0.29, 0.717) is 131 Å². The Labute approximate surface area is 503 Å².